The van der Waals surface area contributed by atoms with E-state index in [9.17, 15) is 9.59 Å². The molecule has 2 aromatic heterocycles. The summed E-state index contributed by atoms with van der Waals surface area (Å²) in [7, 11) is 1.49. The van der Waals surface area contributed by atoms with Gasteiger partial charge < -0.3 is 10.1 Å². The largest absolute Gasteiger partial charge is 0.495 e. The molecule has 9 heteroatoms. The lowest BCUT2D eigenvalue weighted by molar-refractivity contribution is -0.116. The molecule has 0 unspecified atom stereocenters. The summed E-state index contributed by atoms with van der Waals surface area (Å²) in [6, 6.07) is 10.8. The van der Waals surface area contributed by atoms with Gasteiger partial charge in [0.05, 0.1) is 24.7 Å². The van der Waals surface area contributed by atoms with E-state index in [4.69, 9.17) is 16.3 Å². The van der Waals surface area contributed by atoms with Gasteiger partial charge in [-0.1, -0.05) is 23.7 Å². The van der Waals surface area contributed by atoms with Gasteiger partial charge in [0.15, 0.2) is 5.65 Å². The van der Waals surface area contributed by atoms with Crippen LogP contribution in [-0.4, -0.2) is 32.3 Å². The van der Waals surface area contributed by atoms with Gasteiger partial charge in [-0.15, -0.1) is 0 Å². The van der Waals surface area contributed by atoms with E-state index in [0.717, 1.165) is 16.8 Å². The molecular formula is C22H20ClN5O3. The van der Waals surface area contributed by atoms with E-state index >= 15 is 0 Å². The van der Waals surface area contributed by atoms with E-state index in [-0.39, 0.29) is 12.1 Å². The fourth-order valence-electron chi connectivity index (χ4n) is 3.32. The average Bonchev–Trinajstić information content (AvgIpc) is 3.17. The van der Waals surface area contributed by atoms with Crippen LogP contribution in [0.2, 0.25) is 5.02 Å². The summed E-state index contributed by atoms with van der Waals surface area (Å²) < 4.78 is 8.11. The van der Waals surface area contributed by atoms with E-state index < -0.39 is 5.91 Å². The van der Waals surface area contributed by atoms with Gasteiger partial charge in [-0.05, 0) is 49.2 Å². The minimum absolute atomic E-state index is 0.216. The van der Waals surface area contributed by atoms with Crippen molar-refractivity contribution >= 4 is 34.2 Å². The lowest BCUT2D eigenvalue weighted by Gasteiger charge is -2.12. The van der Waals surface area contributed by atoms with Crippen LogP contribution in [0.1, 0.15) is 11.1 Å². The summed E-state index contributed by atoms with van der Waals surface area (Å²) in [6.07, 6.45) is 2.82. The van der Waals surface area contributed by atoms with Crippen LogP contribution in [-0.2, 0) is 11.3 Å². The number of anilines is 1. The Hall–Kier alpha value is -3.65. The predicted molar refractivity (Wildman–Crippen MR) is 119 cm³/mol. The van der Waals surface area contributed by atoms with Crippen LogP contribution in [0.25, 0.3) is 16.7 Å². The number of carbonyl (C=O) groups excluding carboxylic acids is 1. The molecule has 0 fully saturated rings. The molecule has 0 aliphatic rings. The van der Waals surface area contributed by atoms with E-state index in [1.54, 1.807) is 22.9 Å². The number of halogens is 1. The highest BCUT2D eigenvalue weighted by Crippen LogP contribution is 2.27. The smallest absolute Gasteiger partial charge is 0.264 e. The van der Waals surface area contributed by atoms with Crippen molar-refractivity contribution in [2.75, 3.05) is 12.4 Å². The number of fused-ring (bicyclic) bond motifs is 1. The molecule has 31 heavy (non-hydrogen) atoms. The molecule has 2 heterocycles. The Kier molecular flexibility index (Phi) is 5.48. The maximum absolute atomic E-state index is 12.9. The van der Waals surface area contributed by atoms with E-state index in [0.29, 0.717) is 27.5 Å². The summed E-state index contributed by atoms with van der Waals surface area (Å²) in [5.74, 6) is 0.0548. The van der Waals surface area contributed by atoms with E-state index in [1.165, 1.54) is 24.2 Å². The summed E-state index contributed by atoms with van der Waals surface area (Å²) in [4.78, 5) is 29.9. The SMILES string of the molecule is COc1ccc(Cl)cc1NC(=O)Cn1cnc2c(cnn2-c2cccc(C)c2C)c1=O. The van der Waals surface area contributed by atoms with Crippen LogP contribution in [0.5, 0.6) is 5.75 Å². The van der Waals surface area contributed by atoms with Gasteiger partial charge in [-0.25, -0.2) is 9.67 Å². The van der Waals surface area contributed by atoms with Gasteiger partial charge in [0.1, 0.15) is 24.0 Å². The molecule has 1 amide bonds. The molecule has 2 aromatic carbocycles. The molecule has 0 saturated heterocycles. The number of carbonyl (C=O) groups is 1. The molecule has 0 saturated carbocycles. The van der Waals surface area contributed by atoms with Crippen LogP contribution in [0, 0.1) is 13.8 Å². The first-order chi connectivity index (χ1) is 14.9. The quantitative estimate of drug-likeness (QED) is 0.516. The molecule has 4 aromatic rings. The van der Waals surface area contributed by atoms with E-state index in [1.807, 2.05) is 32.0 Å². The highest BCUT2D eigenvalue weighted by atomic mass is 35.5. The zero-order valence-electron chi connectivity index (χ0n) is 17.2. The van der Waals surface area contributed by atoms with Crippen molar-refractivity contribution in [1.29, 1.82) is 0 Å². The molecule has 0 aliphatic heterocycles. The van der Waals surface area contributed by atoms with Gasteiger partial charge in [-0.3, -0.25) is 14.2 Å². The zero-order valence-corrected chi connectivity index (χ0v) is 18.0. The molecule has 158 valence electrons. The Morgan fingerprint density at radius 2 is 2.03 bits per heavy atom. The summed E-state index contributed by atoms with van der Waals surface area (Å²) >= 11 is 6.00. The Balaban J connectivity index is 1.64. The van der Waals surface area contributed by atoms with Gasteiger partial charge in [0, 0.05) is 5.02 Å². The maximum atomic E-state index is 12.9. The van der Waals surface area contributed by atoms with Crippen molar-refractivity contribution in [3.05, 3.63) is 75.4 Å². The molecule has 1 N–H and O–H groups in total. The third kappa shape index (κ3) is 3.89. The molecular weight excluding hydrogens is 418 g/mol. The first-order valence-corrected chi connectivity index (χ1v) is 9.90. The number of nitrogens with one attached hydrogen (secondary N) is 1. The van der Waals surface area contributed by atoms with Gasteiger partial charge in [-0.2, -0.15) is 5.10 Å². The maximum Gasteiger partial charge on any atom is 0.264 e. The van der Waals surface area contributed by atoms with Crippen molar-refractivity contribution in [3.8, 4) is 11.4 Å². The molecule has 0 bridgehead atoms. The Bertz CT molecular complexity index is 1360. The predicted octanol–water partition coefficient (Wildman–Crippen LogP) is 3.50. The Morgan fingerprint density at radius 1 is 1.23 bits per heavy atom. The average molecular weight is 438 g/mol. The van der Waals surface area contributed by atoms with Crippen LogP contribution < -0.4 is 15.6 Å². The number of amides is 1. The zero-order chi connectivity index (χ0) is 22.1. The van der Waals surface area contributed by atoms with Crippen LogP contribution in [0.4, 0.5) is 5.69 Å². The molecule has 0 aliphatic carbocycles. The number of rotatable bonds is 5. The lowest BCUT2D eigenvalue weighted by atomic mass is 10.1. The molecule has 4 rings (SSSR count). The standard InChI is InChI=1S/C22H20ClN5O3/c1-13-5-4-6-18(14(13)2)28-21-16(10-25-28)22(30)27(12-24-21)11-20(29)26-17-9-15(23)7-8-19(17)31-3/h4-10,12H,11H2,1-3H3,(H,26,29). The normalized spacial score (nSPS) is 11.0. The summed E-state index contributed by atoms with van der Waals surface area (Å²) in [5.41, 5.74) is 3.52. The second-order valence-electron chi connectivity index (χ2n) is 7.08. The van der Waals surface area contributed by atoms with Crippen molar-refractivity contribution in [1.82, 2.24) is 19.3 Å². The number of ether oxygens (including phenoxy) is 1. The van der Waals surface area contributed by atoms with Crippen LogP contribution in [0.15, 0.2) is 53.7 Å². The van der Waals surface area contributed by atoms with E-state index in [2.05, 4.69) is 15.4 Å². The monoisotopic (exact) mass is 437 g/mol. The topological polar surface area (TPSA) is 91.0 Å². The number of aryl methyl sites for hydroxylation is 1. The summed E-state index contributed by atoms with van der Waals surface area (Å²) in [5, 5.41) is 7.86. The highest BCUT2D eigenvalue weighted by molar-refractivity contribution is 6.31. The van der Waals surface area contributed by atoms with Crippen LogP contribution >= 0.6 is 11.6 Å². The first kappa shape index (κ1) is 20.6. The van der Waals surface area contributed by atoms with Gasteiger partial charge in [0.25, 0.3) is 5.56 Å². The van der Waals surface area contributed by atoms with Gasteiger partial charge in [0.2, 0.25) is 5.91 Å². The molecule has 0 radical (unpaired) electrons. The Morgan fingerprint density at radius 3 is 2.81 bits per heavy atom. The van der Waals surface area contributed by atoms with Crippen molar-refractivity contribution in [2.24, 2.45) is 0 Å². The summed E-state index contributed by atoms with van der Waals surface area (Å²) in [6.45, 7) is 3.79. The minimum Gasteiger partial charge on any atom is -0.495 e. The van der Waals surface area contributed by atoms with Crippen molar-refractivity contribution in [2.45, 2.75) is 20.4 Å². The third-order valence-electron chi connectivity index (χ3n) is 5.11. The lowest BCUT2D eigenvalue weighted by Crippen LogP contribution is -2.28. The first-order valence-electron chi connectivity index (χ1n) is 9.52. The van der Waals surface area contributed by atoms with Crippen molar-refractivity contribution < 1.29 is 9.53 Å². The van der Waals surface area contributed by atoms with Crippen molar-refractivity contribution in [3.63, 3.8) is 0 Å². The minimum atomic E-state index is -0.411. The number of aromatic nitrogens is 4. The number of methoxy groups -OCH3 is 1. The Labute approximate surface area is 183 Å². The number of nitrogens with zero attached hydrogens (tertiary/aromatic N) is 4. The van der Waals surface area contributed by atoms with Crippen LogP contribution in [0.3, 0.4) is 0 Å². The molecule has 0 atom stereocenters. The fourth-order valence-corrected chi connectivity index (χ4v) is 3.50. The fraction of sp³-hybridized carbons (Fsp3) is 0.182. The number of benzene rings is 2. The second-order valence-corrected chi connectivity index (χ2v) is 7.52. The highest BCUT2D eigenvalue weighted by Gasteiger charge is 2.15. The molecule has 0 spiro atoms. The number of hydrogen-bond acceptors (Lipinski definition) is 5. The van der Waals surface area contributed by atoms with Gasteiger partial charge >= 0.3 is 0 Å². The second kappa shape index (κ2) is 8.23. The number of hydrogen-bond donors (Lipinski definition) is 1. The molecule has 8 nitrogen and oxygen atoms in total. The third-order valence-corrected chi connectivity index (χ3v) is 5.34.